The van der Waals surface area contributed by atoms with Crippen molar-refractivity contribution in [2.45, 2.75) is 50.5 Å². The molecule has 2 rings (SSSR count). The van der Waals surface area contributed by atoms with E-state index in [0.29, 0.717) is 13.1 Å². The van der Waals surface area contributed by atoms with E-state index in [1.165, 1.54) is 30.0 Å². The van der Waals surface area contributed by atoms with Crippen molar-refractivity contribution < 1.29 is 19.4 Å². The summed E-state index contributed by atoms with van der Waals surface area (Å²) in [6.45, 7) is 1.40. The molecule has 1 aliphatic rings. The molecule has 1 fully saturated rings. The zero-order valence-electron chi connectivity index (χ0n) is 16.6. The molecule has 5 N–H and O–H groups in total. The number of methoxy groups -OCH3 is 1. The fourth-order valence-electron chi connectivity index (χ4n) is 3.09. The Morgan fingerprint density at radius 2 is 2.17 bits per heavy atom. The van der Waals surface area contributed by atoms with Gasteiger partial charge in [-0.2, -0.15) is 0 Å². The second-order valence-electron chi connectivity index (χ2n) is 6.97. The average Bonchev–Trinajstić information content (AvgIpc) is 3.04. The lowest BCUT2D eigenvalue weighted by Crippen LogP contribution is -2.33. The van der Waals surface area contributed by atoms with Gasteiger partial charge in [-0.1, -0.05) is 12.8 Å². The van der Waals surface area contributed by atoms with Gasteiger partial charge >= 0.3 is 5.69 Å². The minimum Gasteiger partial charge on any atom is -0.390 e. The Labute approximate surface area is 168 Å². The first kappa shape index (κ1) is 23.0. The normalized spacial score (nSPS) is 21.7. The van der Waals surface area contributed by atoms with Gasteiger partial charge in [0.15, 0.2) is 0 Å². The molecule has 1 aromatic heterocycles. The predicted octanol–water partition coefficient (Wildman–Crippen LogP) is -0.520. The van der Waals surface area contributed by atoms with Gasteiger partial charge in [-0.3, -0.25) is 19.1 Å². The molecule has 1 aliphatic heterocycles. The summed E-state index contributed by atoms with van der Waals surface area (Å²) >= 11 is 0. The van der Waals surface area contributed by atoms with Crippen LogP contribution < -0.4 is 22.3 Å². The number of ether oxygens (including phenoxy) is 2. The van der Waals surface area contributed by atoms with Crippen LogP contribution in [0.5, 0.6) is 0 Å². The van der Waals surface area contributed by atoms with Crippen molar-refractivity contribution in [2.75, 3.05) is 26.8 Å². The molecule has 10 heteroatoms. The molecule has 1 aromatic rings. The Balaban J connectivity index is 1.98. The molecule has 10 nitrogen and oxygen atoms in total. The van der Waals surface area contributed by atoms with Crippen molar-refractivity contribution in [2.24, 2.45) is 5.73 Å². The number of nitrogens with one attached hydrogen (secondary N) is 2. The number of aliphatic hydroxyl groups excluding tert-OH is 1. The smallest absolute Gasteiger partial charge is 0.330 e. The number of nitrogens with two attached hydrogens (primary N) is 1. The topological polar surface area (TPSA) is 149 Å². The number of aromatic nitrogens is 2. The number of carbonyl (C=O) groups excluding carboxylic acids is 1. The van der Waals surface area contributed by atoms with Crippen LogP contribution >= 0.6 is 0 Å². The lowest BCUT2D eigenvalue weighted by molar-refractivity contribution is -0.116. The Hall–Kier alpha value is -2.27. The molecular formula is C19H30N4O6. The fraction of sp³-hybridized carbons (Fsp3) is 0.632. The van der Waals surface area contributed by atoms with Crippen LogP contribution in [0.4, 0.5) is 0 Å². The van der Waals surface area contributed by atoms with E-state index in [-0.39, 0.29) is 24.5 Å². The number of unbranched alkanes of at least 4 members (excludes halogenated alkanes) is 3. The number of hydrogen-bond donors (Lipinski definition) is 4. The van der Waals surface area contributed by atoms with E-state index < -0.39 is 29.7 Å². The van der Waals surface area contributed by atoms with Gasteiger partial charge in [-0.15, -0.1) is 0 Å². The van der Waals surface area contributed by atoms with Gasteiger partial charge in [0.1, 0.15) is 12.3 Å². The summed E-state index contributed by atoms with van der Waals surface area (Å²) in [5.41, 5.74) is 4.31. The number of H-pyrrole nitrogens is 1. The van der Waals surface area contributed by atoms with E-state index in [1.807, 2.05) is 0 Å². The second-order valence-corrected chi connectivity index (χ2v) is 6.97. The van der Waals surface area contributed by atoms with Crippen LogP contribution in [0.25, 0.3) is 6.08 Å². The van der Waals surface area contributed by atoms with E-state index >= 15 is 0 Å². The molecule has 162 valence electrons. The minimum absolute atomic E-state index is 0.135. The summed E-state index contributed by atoms with van der Waals surface area (Å²) in [5.74, 6) is -0.325. The van der Waals surface area contributed by atoms with E-state index in [1.54, 1.807) is 0 Å². The standard InChI is InChI=1S/C19H30N4O6/c1-28-12-15-14(24)10-17(29-15)23-11-13(18(26)22-19(23)27)6-7-16(25)21-9-5-3-2-4-8-20/h6-7,11,14-15,17,24H,2-5,8-10,12,20H2,1H3,(H,21,25)(H,22,26,27)/t14?,15-,17-/m1/s1. The molecule has 0 spiro atoms. The fourth-order valence-corrected chi connectivity index (χ4v) is 3.09. The first-order valence-electron chi connectivity index (χ1n) is 9.80. The van der Waals surface area contributed by atoms with Crippen LogP contribution in [0.2, 0.25) is 0 Å². The molecular weight excluding hydrogens is 380 g/mol. The van der Waals surface area contributed by atoms with Crippen molar-refractivity contribution in [3.8, 4) is 0 Å². The zero-order valence-corrected chi connectivity index (χ0v) is 16.6. The van der Waals surface area contributed by atoms with Crippen molar-refractivity contribution in [3.05, 3.63) is 38.7 Å². The van der Waals surface area contributed by atoms with E-state index in [9.17, 15) is 19.5 Å². The second kappa shape index (κ2) is 11.7. The molecule has 0 aliphatic carbocycles. The first-order valence-corrected chi connectivity index (χ1v) is 9.80. The Morgan fingerprint density at radius 1 is 1.41 bits per heavy atom. The largest absolute Gasteiger partial charge is 0.390 e. The highest BCUT2D eigenvalue weighted by Crippen LogP contribution is 2.27. The van der Waals surface area contributed by atoms with Crippen molar-refractivity contribution in [1.82, 2.24) is 14.9 Å². The molecule has 0 bridgehead atoms. The number of rotatable bonds is 11. The summed E-state index contributed by atoms with van der Waals surface area (Å²) in [5, 5.41) is 12.8. The number of aliphatic hydroxyl groups is 1. The Bertz CT molecular complexity index is 803. The number of aromatic amines is 1. The van der Waals surface area contributed by atoms with Gasteiger partial charge in [-0.25, -0.2) is 4.79 Å². The van der Waals surface area contributed by atoms with Gasteiger partial charge in [0.05, 0.1) is 18.3 Å². The lowest BCUT2D eigenvalue weighted by atomic mass is 10.2. The third-order valence-electron chi connectivity index (χ3n) is 4.69. The van der Waals surface area contributed by atoms with E-state index in [0.717, 1.165) is 25.7 Å². The van der Waals surface area contributed by atoms with E-state index in [4.69, 9.17) is 15.2 Å². The third kappa shape index (κ3) is 6.93. The van der Waals surface area contributed by atoms with Crippen LogP contribution in [-0.4, -0.2) is 59.6 Å². The summed E-state index contributed by atoms with van der Waals surface area (Å²) in [6.07, 6.45) is 5.88. The average molecular weight is 410 g/mol. The number of hydrogen-bond acceptors (Lipinski definition) is 7. The number of amides is 1. The highest BCUT2D eigenvalue weighted by molar-refractivity contribution is 5.91. The molecule has 1 unspecified atom stereocenters. The summed E-state index contributed by atoms with van der Waals surface area (Å²) in [7, 11) is 1.49. The van der Waals surface area contributed by atoms with Gasteiger partial charge in [-0.05, 0) is 25.5 Å². The number of nitrogens with zero attached hydrogens (tertiary/aromatic N) is 1. The van der Waals surface area contributed by atoms with Gasteiger partial charge in [0.2, 0.25) is 5.91 Å². The first-order chi connectivity index (χ1) is 14.0. The van der Waals surface area contributed by atoms with Crippen molar-refractivity contribution in [1.29, 1.82) is 0 Å². The zero-order chi connectivity index (χ0) is 21.2. The summed E-state index contributed by atoms with van der Waals surface area (Å²) < 4.78 is 11.8. The molecule has 3 atom stereocenters. The van der Waals surface area contributed by atoms with Crippen molar-refractivity contribution in [3.63, 3.8) is 0 Å². The minimum atomic E-state index is -0.784. The molecule has 29 heavy (non-hydrogen) atoms. The van der Waals surface area contributed by atoms with E-state index in [2.05, 4.69) is 10.3 Å². The van der Waals surface area contributed by atoms with Crippen LogP contribution in [0, 0.1) is 0 Å². The molecule has 0 saturated carbocycles. The SMILES string of the molecule is COC[C@H]1O[C@@H](n2cc(C=CC(=O)NCCCCCCN)c(=O)[nH]c2=O)CC1O. The Kier molecular flexibility index (Phi) is 9.26. The quantitative estimate of drug-likeness (QED) is 0.283. The molecule has 0 radical (unpaired) electrons. The highest BCUT2D eigenvalue weighted by Gasteiger charge is 2.35. The van der Waals surface area contributed by atoms with Crippen LogP contribution in [0.15, 0.2) is 21.9 Å². The van der Waals surface area contributed by atoms with Crippen LogP contribution in [0.3, 0.4) is 0 Å². The summed E-state index contributed by atoms with van der Waals surface area (Å²) in [4.78, 5) is 38.3. The van der Waals surface area contributed by atoms with Crippen LogP contribution in [-0.2, 0) is 14.3 Å². The maximum Gasteiger partial charge on any atom is 0.330 e. The van der Waals surface area contributed by atoms with Gasteiger partial charge in [0, 0.05) is 32.3 Å². The maximum absolute atomic E-state index is 12.1. The monoisotopic (exact) mass is 410 g/mol. The third-order valence-corrected chi connectivity index (χ3v) is 4.69. The molecule has 1 amide bonds. The highest BCUT2D eigenvalue weighted by atomic mass is 16.6. The van der Waals surface area contributed by atoms with Crippen molar-refractivity contribution >= 4 is 12.0 Å². The van der Waals surface area contributed by atoms with Crippen LogP contribution in [0.1, 0.15) is 43.9 Å². The molecule has 0 aromatic carbocycles. The molecule has 2 heterocycles. The summed E-state index contributed by atoms with van der Waals surface area (Å²) in [6, 6.07) is 0. The van der Waals surface area contributed by atoms with Gasteiger partial charge < -0.3 is 25.6 Å². The maximum atomic E-state index is 12.1. The Morgan fingerprint density at radius 3 is 2.90 bits per heavy atom. The predicted molar refractivity (Wildman–Crippen MR) is 107 cm³/mol. The number of carbonyl (C=O) groups is 1. The molecule has 1 saturated heterocycles. The lowest BCUT2D eigenvalue weighted by Gasteiger charge is -2.15. The van der Waals surface area contributed by atoms with Gasteiger partial charge in [0.25, 0.3) is 5.56 Å².